The molecule has 0 atom stereocenters. The second kappa shape index (κ2) is 9.09. The van der Waals surface area contributed by atoms with E-state index in [9.17, 15) is 4.79 Å². The Bertz CT molecular complexity index is 926. The van der Waals surface area contributed by atoms with Crippen LogP contribution in [0.1, 0.15) is 5.56 Å². The molecule has 0 bridgehead atoms. The number of amidine groups is 1. The van der Waals surface area contributed by atoms with Gasteiger partial charge in [-0.3, -0.25) is 4.79 Å². The second-order valence-corrected chi connectivity index (χ2v) is 7.64. The molecule has 2 aromatic carbocycles. The summed E-state index contributed by atoms with van der Waals surface area (Å²) >= 11 is 3.49. The van der Waals surface area contributed by atoms with Gasteiger partial charge in [-0.1, -0.05) is 30.9 Å². The molecule has 0 saturated carbocycles. The minimum atomic E-state index is -0.171. The van der Waals surface area contributed by atoms with Crippen LogP contribution in [-0.2, 0) is 4.79 Å². The Hall–Kier alpha value is -2.26. The van der Waals surface area contributed by atoms with Crippen molar-refractivity contribution >= 4 is 57.2 Å². The number of hydrogen-bond acceptors (Lipinski definition) is 5. The molecular formula is C20H17IN2O3S. The van der Waals surface area contributed by atoms with Crippen molar-refractivity contribution in [3.05, 3.63) is 69.2 Å². The fourth-order valence-electron chi connectivity index (χ4n) is 2.36. The molecule has 1 amide bonds. The molecule has 1 saturated heterocycles. The van der Waals surface area contributed by atoms with Crippen LogP contribution in [0.25, 0.3) is 6.08 Å². The smallest absolute Gasteiger partial charge is 0.264 e. The fraction of sp³-hybridized carbons (Fsp3) is 0.100. The minimum absolute atomic E-state index is 0.171. The summed E-state index contributed by atoms with van der Waals surface area (Å²) < 4.78 is 12.0. The summed E-state index contributed by atoms with van der Waals surface area (Å²) in [6.07, 6.45) is 3.49. The Kier molecular flexibility index (Phi) is 6.57. The fourth-order valence-corrected chi connectivity index (χ4v) is 3.98. The number of carbonyl (C=O) groups excluding carboxylic acids is 1. The van der Waals surface area contributed by atoms with E-state index in [1.54, 1.807) is 13.2 Å². The van der Waals surface area contributed by atoms with Crippen molar-refractivity contribution < 1.29 is 14.3 Å². The lowest BCUT2D eigenvalue weighted by Gasteiger charge is -2.12. The summed E-state index contributed by atoms with van der Waals surface area (Å²) in [6.45, 7) is 4.05. The summed E-state index contributed by atoms with van der Waals surface area (Å²) in [6, 6.07) is 13.3. The standard InChI is InChI=1S/C20H17IN2O3S/c1-3-9-26-18-15(21)10-13(11-16(18)25-2)12-17-19(24)23-20(27-17)22-14-7-5-4-6-8-14/h3-8,10-12H,1,9H2,2H3,(H,22,23,24)/b17-12-. The number of nitrogens with zero attached hydrogens (tertiary/aromatic N) is 1. The van der Waals surface area contributed by atoms with Gasteiger partial charge in [0.2, 0.25) is 0 Å². The lowest BCUT2D eigenvalue weighted by molar-refractivity contribution is -0.115. The topological polar surface area (TPSA) is 59.9 Å². The van der Waals surface area contributed by atoms with E-state index in [1.807, 2.05) is 48.5 Å². The van der Waals surface area contributed by atoms with E-state index in [1.165, 1.54) is 11.8 Å². The summed E-state index contributed by atoms with van der Waals surface area (Å²) in [5.74, 6) is 1.10. The number of hydrogen-bond donors (Lipinski definition) is 1. The lowest BCUT2D eigenvalue weighted by atomic mass is 10.2. The Morgan fingerprint density at radius 2 is 2.07 bits per heavy atom. The summed E-state index contributed by atoms with van der Waals surface area (Å²) in [5, 5.41) is 3.35. The first-order valence-electron chi connectivity index (χ1n) is 8.06. The number of aliphatic imine (C=N–C) groups is 1. The van der Waals surface area contributed by atoms with E-state index >= 15 is 0 Å². The number of amides is 1. The second-order valence-electron chi connectivity index (χ2n) is 5.45. The first-order valence-corrected chi connectivity index (χ1v) is 9.96. The van der Waals surface area contributed by atoms with Crippen LogP contribution in [0.3, 0.4) is 0 Å². The normalized spacial score (nSPS) is 16.4. The van der Waals surface area contributed by atoms with Crippen molar-refractivity contribution in [2.45, 2.75) is 0 Å². The third kappa shape index (κ3) is 4.92. The van der Waals surface area contributed by atoms with Crippen molar-refractivity contribution in [1.29, 1.82) is 0 Å². The zero-order valence-corrected chi connectivity index (χ0v) is 17.5. The van der Waals surface area contributed by atoms with Gasteiger partial charge in [-0.2, -0.15) is 0 Å². The summed E-state index contributed by atoms with van der Waals surface area (Å²) in [5.41, 5.74) is 1.64. The molecule has 0 radical (unpaired) electrons. The number of methoxy groups -OCH3 is 1. The zero-order valence-electron chi connectivity index (χ0n) is 14.6. The van der Waals surface area contributed by atoms with Crippen molar-refractivity contribution in [3.63, 3.8) is 0 Å². The number of rotatable bonds is 6. The molecular weight excluding hydrogens is 475 g/mol. The Morgan fingerprint density at radius 3 is 2.78 bits per heavy atom. The number of ether oxygens (including phenoxy) is 2. The van der Waals surface area contributed by atoms with Crippen molar-refractivity contribution in [1.82, 2.24) is 5.32 Å². The van der Waals surface area contributed by atoms with Gasteiger partial charge in [0.15, 0.2) is 16.7 Å². The molecule has 1 aliphatic heterocycles. The maximum Gasteiger partial charge on any atom is 0.264 e. The highest BCUT2D eigenvalue weighted by Crippen LogP contribution is 2.36. The molecule has 5 nitrogen and oxygen atoms in total. The van der Waals surface area contributed by atoms with Crippen LogP contribution in [0.5, 0.6) is 11.5 Å². The zero-order chi connectivity index (χ0) is 19.2. The van der Waals surface area contributed by atoms with Gasteiger partial charge in [0, 0.05) is 0 Å². The van der Waals surface area contributed by atoms with Gasteiger partial charge in [0.05, 0.1) is 21.3 Å². The number of halogens is 1. The summed E-state index contributed by atoms with van der Waals surface area (Å²) in [4.78, 5) is 17.3. The van der Waals surface area contributed by atoms with Crippen molar-refractivity contribution in [3.8, 4) is 11.5 Å². The third-order valence-corrected chi connectivity index (χ3v) is 5.24. The molecule has 1 N–H and O–H groups in total. The van der Waals surface area contributed by atoms with E-state index in [0.29, 0.717) is 28.2 Å². The highest BCUT2D eigenvalue weighted by atomic mass is 127. The van der Waals surface area contributed by atoms with Gasteiger partial charge in [-0.05, 0) is 70.3 Å². The first-order chi connectivity index (χ1) is 13.1. The molecule has 3 rings (SSSR count). The predicted molar refractivity (Wildman–Crippen MR) is 119 cm³/mol. The Morgan fingerprint density at radius 1 is 1.30 bits per heavy atom. The molecule has 1 aliphatic rings. The number of para-hydroxylation sites is 1. The molecule has 7 heteroatoms. The number of nitrogens with one attached hydrogen (secondary N) is 1. The van der Waals surface area contributed by atoms with E-state index < -0.39 is 0 Å². The number of benzene rings is 2. The van der Waals surface area contributed by atoms with Crippen LogP contribution in [0.15, 0.2) is 65.0 Å². The quantitative estimate of drug-likeness (QED) is 0.359. The van der Waals surface area contributed by atoms with Gasteiger partial charge >= 0.3 is 0 Å². The van der Waals surface area contributed by atoms with E-state index in [0.717, 1.165) is 14.8 Å². The molecule has 0 spiro atoms. The monoisotopic (exact) mass is 492 g/mol. The van der Waals surface area contributed by atoms with Crippen LogP contribution >= 0.6 is 34.4 Å². The predicted octanol–water partition coefficient (Wildman–Crippen LogP) is 4.76. The SMILES string of the molecule is C=CCOc1c(I)cc(/C=C2\SC(=Nc3ccccc3)NC2=O)cc1OC. The minimum Gasteiger partial charge on any atom is -0.493 e. The molecule has 1 heterocycles. The highest BCUT2D eigenvalue weighted by Gasteiger charge is 2.24. The molecule has 138 valence electrons. The summed E-state index contributed by atoms with van der Waals surface area (Å²) in [7, 11) is 1.59. The molecule has 0 aliphatic carbocycles. The van der Waals surface area contributed by atoms with Gasteiger partial charge < -0.3 is 14.8 Å². The number of thioether (sulfide) groups is 1. The van der Waals surface area contributed by atoms with E-state index in [4.69, 9.17) is 9.47 Å². The lowest BCUT2D eigenvalue weighted by Crippen LogP contribution is -2.19. The van der Waals surface area contributed by atoms with Gasteiger partial charge in [0.25, 0.3) is 5.91 Å². The Labute approximate surface area is 175 Å². The van der Waals surface area contributed by atoms with Crippen LogP contribution in [-0.4, -0.2) is 24.8 Å². The maximum atomic E-state index is 12.3. The average Bonchev–Trinajstić information content (AvgIpc) is 3.00. The van der Waals surface area contributed by atoms with Gasteiger partial charge in [-0.15, -0.1) is 0 Å². The van der Waals surface area contributed by atoms with E-state index in [2.05, 4.69) is 39.5 Å². The van der Waals surface area contributed by atoms with Crippen molar-refractivity contribution in [2.24, 2.45) is 4.99 Å². The van der Waals surface area contributed by atoms with Crippen LogP contribution in [0.4, 0.5) is 5.69 Å². The maximum absolute atomic E-state index is 12.3. The highest BCUT2D eigenvalue weighted by molar-refractivity contribution is 14.1. The number of carbonyl (C=O) groups is 1. The van der Waals surface area contributed by atoms with Gasteiger partial charge in [-0.25, -0.2) is 4.99 Å². The van der Waals surface area contributed by atoms with E-state index in [-0.39, 0.29) is 5.91 Å². The largest absolute Gasteiger partial charge is 0.493 e. The molecule has 1 fully saturated rings. The molecule has 0 aromatic heterocycles. The molecule has 27 heavy (non-hydrogen) atoms. The van der Waals surface area contributed by atoms with Gasteiger partial charge in [0.1, 0.15) is 6.61 Å². The Balaban J connectivity index is 1.86. The van der Waals surface area contributed by atoms with Crippen molar-refractivity contribution in [2.75, 3.05) is 13.7 Å². The third-order valence-electron chi connectivity index (χ3n) is 3.53. The van der Waals surface area contributed by atoms with Crippen LogP contribution < -0.4 is 14.8 Å². The van der Waals surface area contributed by atoms with Crippen LogP contribution in [0, 0.1) is 3.57 Å². The average molecular weight is 492 g/mol. The molecule has 0 unspecified atom stereocenters. The van der Waals surface area contributed by atoms with Crippen LogP contribution in [0.2, 0.25) is 0 Å². The first kappa shape index (κ1) is 19.5. The molecule has 2 aromatic rings.